The minimum Gasteiger partial charge on any atom is -0.396 e. The quantitative estimate of drug-likeness (QED) is 0.745. The lowest BCUT2D eigenvalue weighted by molar-refractivity contribution is 0.281. The Bertz CT molecular complexity index is 525. The number of hydrogen-bond acceptors (Lipinski definition) is 5. The maximum Gasteiger partial charge on any atom is 0.165 e. The van der Waals surface area contributed by atoms with Crippen LogP contribution in [0.2, 0.25) is 0 Å². The molecule has 104 valence electrons. The van der Waals surface area contributed by atoms with Crippen molar-refractivity contribution in [1.29, 1.82) is 0 Å². The average Bonchev–Trinajstić information content (AvgIpc) is 2.84. The molecule has 2 aromatic rings. The second-order valence-corrected chi connectivity index (χ2v) is 4.86. The van der Waals surface area contributed by atoms with E-state index in [2.05, 4.69) is 26.4 Å². The van der Waals surface area contributed by atoms with Crippen molar-refractivity contribution in [3.63, 3.8) is 0 Å². The van der Waals surface area contributed by atoms with Gasteiger partial charge in [0.2, 0.25) is 0 Å². The van der Waals surface area contributed by atoms with E-state index in [1.165, 1.54) is 6.33 Å². The second kappa shape index (κ2) is 6.47. The molecular weight excluding hydrogens is 242 g/mol. The zero-order valence-electron chi connectivity index (χ0n) is 11.3. The van der Waals surface area contributed by atoms with Gasteiger partial charge in [-0.2, -0.15) is 0 Å². The van der Waals surface area contributed by atoms with Gasteiger partial charge in [0.1, 0.15) is 11.8 Å². The summed E-state index contributed by atoms with van der Waals surface area (Å²) in [5.74, 6) is 0.430. The Kier molecular flexibility index (Phi) is 4.68. The Labute approximate surface area is 112 Å². The fourth-order valence-corrected chi connectivity index (χ4v) is 2.24. The highest BCUT2D eigenvalue weighted by molar-refractivity contribution is 5.81. The molecule has 19 heavy (non-hydrogen) atoms. The molecule has 1 atom stereocenters. The van der Waals surface area contributed by atoms with Gasteiger partial charge >= 0.3 is 0 Å². The topological polar surface area (TPSA) is 89.8 Å². The highest BCUT2D eigenvalue weighted by Crippen LogP contribution is 2.22. The number of nitrogens with zero attached hydrogens (tertiary/aromatic N) is 4. The number of hydrogen-bond donors (Lipinski definition) is 2. The fraction of sp³-hybridized carbons (Fsp3) is 0.615. The first-order chi connectivity index (χ1) is 9.24. The molecule has 3 N–H and O–H groups in total. The summed E-state index contributed by atoms with van der Waals surface area (Å²) in [7, 11) is 0. The monoisotopic (exact) mass is 263 g/mol. The van der Waals surface area contributed by atoms with Gasteiger partial charge in [-0.15, -0.1) is 0 Å². The fourth-order valence-electron chi connectivity index (χ4n) is 2.24. The Morgan fingerprint density at radius 1 is 1.21 bits per heavy atom. The van der Waals surface area contributed by atoms with E-state index in [0.29, 0.717) is 17.4 Å². The van der Waals surface area contributed by atoms with Crippen molar-refractivity contribution in [2.75, 3.05) is 12.3 Å². The number of nitrogens with two attached hydrogens (primary N) is 1. The van der Waals surface area contributed by atoms with Crippen LogP contribution in [0, 0.1) is 0 Å². The van der Waals surface area contributed by atoms with Gasteiger partial charge in [0.15, 0.2) is 11.5 Å². The molecule has 0 spiro atoms. The lowest BCUT2D eigenvalue weighted by atomic mass is 10.1. The molecule has 0 aliphatic rings. The van der Waals surface area contributed by atoms with Crippen molar-refractivity contribution in [3.05, 3.63) is 12.7 Å². The third kappa shape index (κ3) is 3.20. The van der Waals surface area contributed by atoms with Gasteiger partial charge in [-0.1, -0.05) is 19.3 Å². The van der Waals surface area contributed by atoms with Crippen molar-refractivity contribution < 1.29 is 5.11 Å². The lowest BCUT2D eigenvalue weighted by Crippen LogP contribution is -2.05. The van der Waals surface area contributed by atoms with E-state index in [0.717, 1.165) is 37.8 Å². The Morgan fingerprint density at radius 2 is 2.00 bits per heavy atom. The van der Waals surface area contributed by atoms with Gasteiger partial charge < -0.3 is 15.4 Å². The van der Waals surface area contributed by atoms with E-state index in [1.807, 2.05) is 0 Å². The maximum atomic E-state index is 8.73. The van der Waals surface area contributed by atoms with Crippen molar-refractivity contribution >= 4 is 17.0 Å². The van der Waals surface area contributed by atoms with Crippen LogP contribution >= 0.6 is 0 Å². The standard InChI is InChI=1S/C13H21N5O/c1-10(6-4-2-3-5-7-19)18-9-17-11-12(14)15-8-16-13(11)18/h8-10,19H,2-7H2,1H3,(H2,14,15,16). The number of nitrogen functional groups attached to an aromatic ring is 1. The van der Waals surface area contributed by atoms with Crippen LogP contribution in [0.15, 0.2) is 12.7 Å². The zero-order valence-corrected chi connectivity index (χ0v) is 11.3. The highest BCUT2D eigenvalue weighted by Gasteiger charge is 2.12. The van der Waals surface area contributed by atoms with Crippen LogP contribution in [0.4, 0.5) is 5.82 Å². The summed E-state index contributed by atoms with van der Waals surface area (Å²) in [4.78, 5) is 12.5. The van der Waals surface area contributed by atoms with E-state index < -0.39 is 0 Å². The first-order valence-electron chi connectivity index (χ1n) is 6.78. The normalized spacial score (nSPS) is 12.9. The predicted octanol–water partition coefficient (Wildman–Crippen LogP) is 1.91. The Hall–Kier alpha value is -1.69. The van der Waals surface area contributed by atoms with Crippen molar-refractivity contribution in [1.82, 2.24) is 19.5 Å². The number of anilines is 1. The molecule has 0 fully saturated rings. The first-order valence-corrected chi connectivity index (χ1v) is 6.78. The number of fused-ring (bicyclic) bond motifs is 1. The van der Waals surface area contributed by atoms with Crippen LogP contribution in [-0.2, 0) is 0 Å². The van der Waals surface area contributed by atoms with Gasteiger partial charge in [0.25, 0.3) is 0 Å². The van der Waals surface area contributed by atoms with Crippen LogP contribution in [-0.4, -0.2) is 31.2 Å². The summed E-state index contributed by atoms with van der Waals surface area (Å²) in [6.45, 7) is 2.45. The van der Waals surface area contributed by atoms with Crippen molar-refractivity contribution in [2.45, 2.75) is 45.1 Å². The summed E-state index contributed by atoms with van der Waals surface area (Å²) in [5.41, 5.74) is 7.25. The third-order valence-electron chi connectivity index (χ3n) is 3.39. The van der Waals surface area contributed by atoms with E-state index in [9.17, 15) is 0 Å². The van der Waals surface area contributed by atoms with Crippen LogP contribution in [0.3, 0.4) is 0 Å². The number of aromatic nitrogens is 4. The Morgan fingerprint density at radius 3 is 2.79 bits per heavy atom. The maximum absolute atomic E-state index is 8.73. The largest absolute Gasteiger partial charge is 0.396 e. The van der Waals surface area contributed by atoms with Crippen LogP contribution in [0.25, 0.3) is 11.2 Å². The van der Waals surface area contributed by atoms with E-state index in [-0.39, 0.29) is 6.61 Å². The van der Waals surface area contributed by atoms with Crippen molar-refractivity contribution in [2.24, 2.45) is 0 Å². The minimum absolute atomic E-state index is 0.290. The van der Waals surface area contributed by atoms with E-state index in [1.54, 1.807) is 6.33 Å². The van der Waals surface area contributed by atoms with Crippen LogP contribution < -0.4 is 5.73 Å². The van der Waals surface area contributed by atoms with Gasteiger partial charge in [0.05, 0.1) is 6.33 Å². The van der Waals surface area contributed by atoms with Gasteiger partial charge in [-0.25, -0.2) is 15.0 Å². The molecule has 6 nitrogen and oxygen atoms in total. The molecule has 0 amide bonds. The number of aliphatic hydroxyl groups is 1. The third-order valence-corrected chi connectivity index (χ3v) is 3.39. The van der Waals surface area contributed by atoms with Gasteiger partial charge in [0, 0.05) is 12.6 Å². The highest BCUT2D eigenvalue weighted by atomic mass is 16.2. The molecule has 0 saturated carbocycles. The average molecular weight is 263 g/mol. The summed E-state index contributed by atoms with van der Waals surface area (Å²) < 4.78 is 2.05. The van der Waals surface area contributed by atoms with Crippen molar-refractivity contribution in [3.8, 4) is 0 Å². The summed E-state index contributed by atoms with van der Waals surface area (Å²) in [6.07, 6.45) is 8.60. The smallest absolute Gasteiger partial charge is 0.165 e. The summed E-state index contributed by atoms with van der Waals surface area (Å²) in [5, 5.41) is 8.73. The molecule has 1 unspecified atom stereocenters. The first kappa shape index (κ1) is 13.7. The number of rotatable bonds is 7. The summed E-state index contributed by atoms with van der Waals surface area (Å²) in [6, 6.07) is 0.341. The van der Waals surface area contributed by atoms with Crippen LogP contribution in [0.5, 0.6) is 0 Å². The molecule has 0 aliphatic heterocycles. The van der Waals surface area contributed by atoms with Gasteiger partial charge in [-0.3, -0.25) is 0 Å². The second-order valence-electron chi connectivity index (χ2n) is 4.86. The zero-order chi connectivity index (χ0) is 13.7. The SMILES string of the molecule is CC(CCCCCCO)n1cnc2c(N)ncnc21. The predicted molar refractivity (Wildman–Crippen MR) is 74.6 cm³/mol. The lowest BCUT2D eigenvalue weighted by Gasteiger charge is -2.13. The molecule has 2 aromatic heterocycles. The Balaban J connectivity index is 1.97. The molecule has 2 heterocycles. The minimum atomic E-state index is 0.290. The van der Waals surface area contributed by atoms with Gasteiger partial charge in [-0.05, 0) is 19.8 Å². The molecule has 2 rings (SSSR count). The molecule has 0 aromatic carbocycles. The summed E-state index contributed by atoms with van der Waals surface area (Å²) >= 11 is 0. The van der Waals surface area contributed by atoms with Crippen LogP contribution in [0.1, 0.15) is 45.1 Å². The molecule has 0 saturated heterocycles. The molecule has 0 aliphatic carbocycles. The molecule has 6 heteroatoms. The number of unbranched alkanes of at least 4 members (excludes halogenated alkanes) is 3. The number of imidazole rings is 1. The molecule has 0 bridgehead atoms. The number of aliphatic hydroxyl groups excluding tert-OH is 1. The van der Waals surface area contributed by atoms with E-state index >= 15 is 0 Å². The van der Waals surface area contributed by atoms with E-state index in [4.69, 9.17) is 10.8 Å². The molecule has 0 radical (unpaired) electrons. The molecular formula is C13H21N5O.